The smallest absolute Gasteiger partial charge is 0.169 e. The highest BCUT2D eigenvalue weighted by Crippen LogP contribution is 2.31. The lowest BCUT2D eigenvalue weighted by Crippen LogP contribution is -2.00. The molecule has 0 radical (unpaired) electrons. The molecule has 0 aliphatic heterocycles. The monoisotopic (exact) mass is 232 g/mol. The Balaban J connectivity index is 2.51. The van der Waals surface area contributed by atoms with Gasteiger partial charge < -0.3 is 16.2 Å². The van der Waals surface area contributed by atoms with Gasteiger partial charge in [0.25, 0.3) is 0 Å². The van der Waals surface area contributed by atoms with Crippen LogP contribution in [0.25, 0.3) is 11.3 Å². The fourth-order valence-electron chi connectivity index (χ4n) is 1.78. The van der Waals surface area contributed by atoms with Crippen molar-refractivity contribution < 1.29 is 4.74 Å². The molecule has 0 amide bonds. The van der Waals surface area contributed by atoms with Crippen LogP contribution in [0, 0.1) is 0 Å². The molecule has 0 bridgehead atoms. The molecule has 0 aliphatic rings. The second-order valence-corrected chi connectivity index (χ2v) is 3.69. The fraction of sp³-hybridized carbons (Fsp3) is 0.250. The molecule has 1 heterocycles. The lowest BCUT2D eigenvalue weighted by molar-refractivity contribution is 0.415. The molecular weight excluding hydrogens is 216 g/mol. The van der Waals surface area contributed by atoms with E-state index in [0.29, 0.717) is 11.5 Å². The van der Waals surface area contributed by atoms with Crippen LogP contribution >= 0.6 is 0 Å². The maximum absolute atomic E-state index is 5.94. The average molecular weight is 232 g/mol. The largest absolute Gasteiger partial charge is 0.497 e. The summed E-state index contributed by atoms with van der Waals surface area (Å²) in [7, 11) is 1.64. The second-order valence-electron chi connectivity index (χ2n) is 3.69. The first-order valence-electron chi connectivity index (χ1n) is 5.43. The van der Waals surface area contributed by atoms with Crippen LogP contribution in [0.3, 0.4) is 0 Å². The quantitative estimate of drug-likeness (QED) is 0.844. The summed E-state index contributed by atoms with van der Waals surface area (Å²) in [6, 6.07) is 7.66. The molecule has 0 unspecified atom stereocenters. The number of nitrogen functional groups attached to an aromatic ring is 2. The van der Waals surface area contributed by atoms with Gasteiger partial charge in [0.15, 0.2) is 5.82 Å². The molecule has 2 rings (SSSR count). The van der Waals surface area contributed by atoms with E-state index in [4.69, 9.17) is 16.2 Å². The van der Waals surface area contributed by atoms with E-state index in [1.165, 1.54) is 0 Å². The molecule has 2 aromatic rings. The molecule has 1 aromatic carbocycles. The minimum atomic E-state index is 0.373. The van der Waals surface area contributed by atoms with Crippen LogP contribution in [0.15, 0.2) is 24.3 Å². The summed E-state index contributed by atoms with van der Waals surface area (Å²) < 4.78 is 6.92. The van der Waals surface area contributed by atoms with E-state index in [2.05, 4.69) is 5.10 Å². The van der Waals surface area contributed by atoms with E-state index < -0.39 is 0 Å². The number of methoxy groups -OCH3 is 1. The fourth-order valence-corrected chi connectivity index (χ4v) is 1.78. The minimum Gasteiger partial charge on any atom is -0.497 e. The average Bonchev–Trinajstić information content (AvgIpc) is 2.65. The SMILES string of the molecule is CCn1nc(N)c(N)c1-c1ccc(OC)cc1. The minimum absolute atomic E-state index is 0.373. The van der Waals surface area contributed by atoms with Crippen molar-refractivity contribution in [2.75, 3.05) is 18.6 Å². The summed E-state index contributed by atoms with van der Waals surface area (Å²) in [6.45, 7) is 2.72. The van der Waals surface area contributed by atoms with Gasteiger partial charge in [-0.3, -0.25) is 4.68 Å². The van der Waals surface area contributed by atoms with Crippen molar-refractivity contribution in [1.82, 2.24) is 9.78 Å². The van der Waals surface area contributed by atoms with Crippen LogP contribution in [0.5, 0.6) is 5.75 Å². The number of hydrogen-bond donors (Lipinski definition) is 2. The van der Waals surface area contributed by atoms with Gasteiger partial charge in [-0.1, -0.05) is 0 Å². The number of aromatic nitrogens is 2. The van der Waals surface area contributed by atoms with E-state index in [-0.39, 0.29) is 0 Å². The van der Waals surface area contributed by atoms with E-state index in [1.807, 2.05) is 31.2 Å². The number of anilines is 2. The van der Waals surface area contributed by atoms with Gasteiger partial charge in [0.2, 0.25) is 0 Å². The topological polar surface area (TPSA) is 79.1 Å². The third-order valence-electron chi connectivity index (χ3n) is 2.68. The Bertz CT molecular complexity index is 516. The number of ether oxygens (including phenoxy) is 1. The van der Waals surface area contributed by atoms with E-state index in [1.54, 1.807) is 11.8 Å². The van der Waals surface area contributed by atoms with Crippen LogP contribution in [-0.4, -0.2) is 16.9 Å². The molecule has 17 heavy (non-hydrogen) atoms. The summed E-state index contributed by atoms with van der Waals surface area (Å²) in [4.78, 5) is 0. The van der Waals surface area contributed by atoms with Gasteiger partial charge in [-0.15, -0.1) is 0 Å². The summed E-state index contributed by atoms with van der Waals surface area (Å²) in [5.74, 6) is 1.18. The zero-order chi connectivity index (χ0) is 12.4. The van der Waals surface area contributed by atoms with Crippen LogP contribution < -0.4 is 16.2 Å². The van der Waals surface area contributed by atoms with Gasteiger partial charge in [-0.2, -0.15) is 5.10 Å². The molecule has 90 valence electrons. The van der Waals surface area contributed by atoms with Gasteiger partial charge in [0.1, 0.15) is 11.4 Å². The van der Waals surface area contributed by atoms with Crippen molar-refractivity contribution in [2.45, 2.75) is 13.5 Å². The third kappa shape index (κ3) is 1.91. The lowest BCUT2D eigenvalue weighted by Gasteiger charge is -2.06. The van der Waals surface area contributed by atoms with Crippen molar-refractivity contribution in [2.24, 2.45) is 0 Å². The number of nitrogens with two attached hydrogens (primary N) is 2. The van der Waals surface area contributed by atoms with Crippen molar-refractivity contribution in [3.63, 3.8) is 0 Å². The van der Waals surface area contributed by atoms with Gasteiger partial charge in [-0.25, -0.2) is 0 Å². The zero-order valence-electron chi connectivity index (χ0n) is 9.97. The van der Waals surface area contributed by atoms with Gasteiger partial charge >= 0.3 is 0 Å². The normalized spacial score (nSPS) is 10.5. The first-order chi connectivity index (χ1) is 8.17. The molecule has 0 aliphatic carbocycles. The van der Waals surface area contributed by atoms with E-state index in [9.17, 15) is 0 Å². The molecule has 0 atom stereocenters. The Kier molecular flexibility index (Phi) is 2.91. The first-order valence-corrected chi connectivity index (χ1v) is 5.43. The van der Waals surface area contributed by atoms with Crippen LogP contribution in [0.4, 0.5) is 11.5 Å². The Labute approximate surface area is 100.0 Å². The maximum atomic E-state index is 5.94. The van der Waals surface area contributed by atoms with Crippen molar-refractivity contribution in [1.29, 1.82) is 0 Å². The molecule has 0 saturated carbocycles. The highest BCUT2D eigenvalue weighted by Gasteiger charge is 2.13. The Morgan fingerprint density at radius 2 is 1.88 bits per heavy atom. The van der Waals surface area contributed by atoms with Crippen molar-refractivity contribution in [3.05, 3.63) is 24.3 Å². The number of nitrogens with zero attached hydrogens (tertiary/aromatic N) is 2. The molecule has 1 aromatic heterocycles. The molecule has 4 N–H and O–H groups in total. The standard InChI is InChI=1S/C12H16N4O/c1-3-16-11(10(13)12(14)15-16)8-4-6-9(17-2)7-5-8/h4-7H,3,13H2,1-2H3,(H2,14,15). The molecular formula is C12H16N4O. The number of aryl methyl sites for hydroxylation is 1. The van der Waals surface area contributed by atoms with Gasteiger partial charge in [-0.05, 0) is 31.2 Å². The first kappa shape index (κ1) is 11.3. The number of hydrogen-bond acceptors (Lipinski definition) is 4. The van der Waals surface area contributed by atoms with Crippen molar-refractivity contribution in [3.8, 4) is 17.0 Å². The van der Waals surface area contributed by atoms with Crippen LogP contribution in [0.1, 0.15) is 6.92 Å². The zero-order valence-corrected chi connectivity index (χ0v) is 9.97. The Morgan fingerprint density at radius 3 is 2.41 bits per heavy atom. The van der Waals surface area contributed by atoms with Crippen LogP contribution in [-0.2, 0) is 6.54 Å². The molecule has 0 spiro atoms. The molecule has 0 fully saturated rings. The molecule has 5 nitrogen and oxygen atoms in total. The summed E-state index contributed by atoms with van der Waals surface area (Å²) in [5.41, 5.74) is 14.0. The summed E-state index contributed by atoms with van der Waals surface area (Å²) in [5, 5.41) is 4.19. The highest BCUT2D eigenvalue weighted by molar-refractivity contribution is 5.80. The molecule has 0 saturated heterocycles. The predicted molar refractivity (Wildman–Crippen MR) is 68.7 cm³/mol. The summed E-state index contributed by atoms with van der Waals surface area (Å²) in [6.07, 6.45) is 0. The maximum Gasteiger partial charge on any atom is 0.169 e. The number of rotatable bonds is 3. The molecule has 5 heteroatoms. The summed E-state index contributed by atoms with van der Waals surface area (Å²) >= 11 is 0. The van der Waals surface area contributed by atoms with Gasteiger partial charge in [0, 0.05) is 12.1 Å². The Morgan fingerprint density at radius 1 is 1.24 bits per heavy atom. The van der Waals surface area contributed by atoms with E-state index >= 15 is 0 Å². The Hall–Kier alpha value is -2.17. The second kappa shape index (κ2) is 4.37. The lowest BCUT2D eigenvalue weighted by atomic mass is 10.1. The van der Waals surface area contributed by atoms with Gasteiger partial charge in [0.05, 0.1) is 12.8 Å². The van der Waals surface area contributed by atoms with Crippen LogP contribution in [0.2, 0.25) is 0 Å². The highest BCUT2D eigenvalue weighted by atomic mass is 16.5. The number of benzene rings is 1. The van der Waals surface area contributed by atoms with Crippen molar-refractivity contribution >= 4 is 11.5 Å². The predicted octanol–water partition coefficient (Wildman–Crippen LogP) is 1.74. The van der Waals surface area contributed by atoms with E-state index in [0.717, 1.165) is 23.6 Å². The third-order valence-corrected chi connectivity index (χ3v) is 2.68.